The van der Waals surface area contributed by atoms with E-state index in [9.17, 15) is 18.0 Å². The fraction of sp³-hybridized carbons (Fsp3) is 0.600. The van der Waals surface area contributed by atoms with E-state index >= 15 is 0 Å². The lowest BCUT2D eigenvalue weighted by atomic mass is 10.2. The van der Waals surface area contributed by atoms with E-state index in [-0.39, 0.29) is 16.4 Å². The molecule has 154 valence electrons. The molecule has 0 N–H and O–H groups in total. The molecule has 1 atom stereocenters. The highest BCUT2D eigenvalue weighted by Gasteiger charge is 2.29. The summed E-state index contributed by atoms with van der Waals surface area (Å²) in [6, 6.07) is 5.85. The summed E-state index contributed by atoms with van der Waals surface area (Å²) in [5, 5.41) is 0. The predicted molar refractivity (Wildman–Crippen MR) is 104 cm³/mol. The number of sulfonamides is 1. The lowest BCUT2D eigenvalue weighted by Crippen LogP contribution is -2.40. The first-order valence-electron chi connectivity index (χ1n) is 9.99. The van der Waals surface area contributed by atoms with E-state index < -0.39 is 22.1 Å². The van der Waals surface area contributed by atoms with Crippen LogP contribution >= 0.6 is 0 Å². The maximum absolute atomic E-state index is 12.7. The van der Waals surface area contributed by atoms with Crippen molar-refractivity contribution in [2.45, 2.75) is 56.4 Å². The Morgan fingerprint density at radius 1 is 0.964 bits per heavy atom. The van der Waals surface area contributed by atoms with Gasteiger partial charge in [-0.05, 0) is 50.8 Å². The van der Waals surface area contributed by atoms with E-state index in [0.29, 0.717) is 26.2 Å². The summed E-state index contributed by atoms with van der Waals surface area (Å²) < 4.78 is 32.2. The second kappa shape index (κ2) is 9.05. The summed E-state index contributed by atoms with van der Waals surface area (Å²) in [5.74, 6) is -0.884. The molecule has 1 aromatic rings. The Labute approximate surface area is 166 Å². The van der Waals surface area contributed by atoms with Crippen molar-refractivity contribution in [3.63, 3.8) is 0 Å². The van der Waals surface area contributed by atoms with Crippen LogP contribution in [0.25, 0.3) is 0 Å². The average Bonchev–Trinajstić information content (AvgIpc) is 3.11. The van der Waals surface area contributed by atoms with Crippen molar-refractivity contribution < 1.29 is 22.7 Å². The van der Waals surface area contributed by atoms with Gasteiger partial charge in [0, 0.05) is 26.2 Å². The first-order valence-corrected chi connectivity index (χ1v) is 11.4. The van der Waals surface area contributed by atoms with E-state index in [1.165, 1.54) is 28.6 Å². The van der Waals surface area contributed by atoms with Gasteiger partial charge in [-0.15, -0.1) is 0 Å². The Morgan fingerprint density at radius 3 is 2.21 bits per heavy atom. The van der Waals surface area contributed by atoms with Crippen molar-refractivity contribution in [1.82, 2.24) is 9.21 Å². The monoisotopic (exact) mass is 408 g/mol. The number of carbonyl (C=O) groups is 2. The van der Waals surface area contributed by atoms with Crippen molar-refractivity contribution >= 4 is 21.9 Å². The van der Waals surface area contributed by atoms with Crippen LogP contribution in [0, 0.1) is 0 Å². The van der Waals surface area contributed by atoms with E-state index in [2.05, 4.69) is 0 Å². The third kappa shape index (κ3) is 4.72. The highest BCUT2D eigenvalue weighted by molar-refractivity contribution is 7.89. The summed E-state index contributed by atoms with van der Waals surface area (Å²) in [6.07, 6.45) is 4.93. The lowest BCUT2D eigenvalue weighted by molar-refractivity contribution is -0.139. The van der Waals surface area contributed by atoms with Gasteiger partial charge in [0.05, 0.1) is 10.5 Å². The third-order valence-electron chi connectivity index (χ3n) is 5.32. The Morgan fingerprint density at radius 2 is 1.57 bits per heavy atom. The van der Waals surface area contributed by atoms with Gasteiger partial charge in [0.15, 0.2) is 6.10 Å². The topological polar surface area (TPSA) is 84.0 Å². The molecule has 2 aliphatic heterocycles. The first kappa shape index (κ1) is 20.8. The molecule has 8 heteroatoms. The predicted octanol–water partition coefficient (Wildman–Crippen LogP) is 2.42. The minimum atomic E-state index is -3.61. The number of carbonyl (C=O) groups excluding carboxylic acids is 2. The number of rotatable bonds is 5. The van der Waals surface area contributed by atoms with E-state index in [1.807, 2.05) is 0 Å². The van der Waals surface area contributed by atoms with Gasteiger partial charge >= 0.3 is 5.97 Å². The van der Waals surface area contributed by atoms with Gasteiger partial charge in [-0.2, -0.15) is 4.31 Å². The fourth-order valence-corrected chi connectivity index (χ4v) is 5.25. The van der Waals surface area contributed by atoms with E-state index in [1.54, 1.807) is 11.8 Å². The van der Waals surface area contributed by atoms with Crippen LogP contribution in [0.2, 0.25) is 0 Å². The maximum Gasteiger partial charge on any atom is 0.338 e. The van der Waals surface area contributed by atoms with Crippen LogP contribution in [-0.2, 0) is 19.6 Å². The van der Waals surface area contributed by atoms with Gasteiger partial charge < -0.3 is 9.64 Å². The number of esters is 1. The number of nitrogens with zero attached hydrogens (tertiary/aromatic N) is 2. The largest absolute Gasteiger partial charge is 0.449 e. The zero-order valence-electron chi connectivity index (χ0n) is 16.3. The molecule has 2 saturated heterocycles. The summed E-state index contributed by atoms with van der Waals surface area (Å²) in [4.78, 5) is 26.9. The Hall–Kier alpha value is -1.93. The van der Waals surface area contributed by atoms with Crippen molar-refractivity contribution in [2.75, 3.05) is 26.2 Å². The molecule has 0 aromatic heterocycles. The second-order valence-electron chi connectivity index (χ2n) is 7.43. The van der Waals surface area contributed by atoms with Gasteiger partial charge in [0.1, 0.15) is 0 Å². The standard InChI is InChI=1S/C20H28N2O5S/c1-16(19(23)21-11-4-2-3-5-12-21)27-20(24)17-9-8-10-18(15-17)28(25,26)22-13-6-7-14-22/h8-10,15-16H,2-7,11-14H2,1H3/t16-/m0/s1. The Kier molecular flexibility index (Phi) is 6.72. The van der Waals surface area contributed by atoms with Gasteiger partial charge in [-0.25, -0.2) is 13.2 Å². The molecule has 3 rings (SSSR count). The van der Waals surface area contributed by atoms with Gasteiger partial charge in [-0.3, -0.25) is 4.79 Å². The summed E-state index contributed by atoms with van der Waals surface area (Å²) >= 11 is 0. The van der Waals surface area contributed by atoms with Crippen LogP contribution in [0.5, 0.6) is 0 Å². The van der Waals surface area contributed by atoms with Gasteiger partial charge in [0.2, 0.25) is 10.0 Å². The number of likely N-dealkylation sites (tertiary alicyclic amines) is 1. The normalized spacial score (nSPS) is 19.8. The highest BCUT2D eigenvalue weighted by Crippen LogP contribution is 2.22. The minimum Gasteiger partial charge on any atom is -0.449 e. The number of hydrogen-bond acceptors (Lipinski definition) is 5. The molecule has 0 saturated carbocycles. The van der Waals surface area contributed by atoms with Crippen LogP contribution in [0.1, 0.15) is 55.8 Å². The molecule has 0 unspecified atom stereocenters. The Balaban J connectivity index is 1.68. The third-order valence-corrected chi connectivity index (χ3v) is 7.22. The molecule has 2 heterocycles. The van der Waals surface area contributed by atoms with Crippen LogP contribution < -0.4 is 0 Å². The number of amides is 1. The molecular weight excluding hydrogens is 380 g/mol. The van der Waals surface area contributed by atoms with Crippen LogP contribution in [0.4, 0.5) is 0 Å². The van der Waals surface area contributed by atoms with Gasteiger partial charge in [-0.1, -0.05) is 18.9 Å². The quantitative estimate of drug-likeness (QED) is 0.699. The van der Waals surface area contributed by atoms with E-state index in [4.69, 9.17) is 4.74 Å². The minimum absolute atomic E-state index is 0.0790. The molecule has 0 spiro atoms. The highest BCUT2D eigenvalue weighted by atomic mass is 32.2. The van der Waals surface area contributed by atoms with Crippen molar-refractivity contribution in [3.8, 4) is 0 Å². The zero-order valence-corrected chi connectivity index (χ0v) is 17.1. The molecule has 1 aromatic carbocycles. The van der Waals surface area contributed by atoms with Crippen molar-refractivity contribution in [2.24, 2.45) is 0 Å². The van der Waals surface area contributed by atoms with Crippen LogP contribution in [0.3, 0.4) is 0 Å². The summed E-state index contributed by atoms with van der Waals surface area (Å²) in [5.41, 5.74) is 0.135. The average molecular weight is 409 g/mol. The molecule has 2 aliphatic rings. The fourth-order valence-electron chi connectivity index (χ4n) is 3.69. The molecule has 0 bridgehead atoms. The number of hydrogen-bond donors (Lipinski definition) is 0. The zero-order chi connectivity index (χ0) is 20.1. The van der Waals surface area contributed by atoms with Crippen LogP contribution in [-0.4, -0.2) is 61.8 Å². The number of benzene rings is 1. The SMILES string of the molecule is C[C@H](OC(=O)c1cccc(S(=O)(=O)N2CCCC2)c1)C(=O)N1CCCCCC1. The van der Waals surface area contributed by atoms with Crippen molar-refractivity contribution in [1.29, 1.82) is 0 Å². The molecule has 1 amide bonds. The molecular formula is C20H28N2O5S. The smallest absolute Gasteiger partial charge is 0.338 e. The first-order chi connectivity index (χ1) is 13.4. The summed E-state index contributed by atoms with van der Waals surface area (Å²) in [6.45, 7) is 3.93. The molecule has 28 heavy (non-hydrogen) atoms. The number of ether oxygens (including phenoxy) is 1. The Bertz CT molecular complexity index is 810. The maximum atomic E-state index is 12.7. The molecule has 7 nitrogen and oxygen atoms in total. The van der Waals surface area contributed by atoms with Crippen molar-refractivity contribution in [3.05, 3.63) is 29.8 Å². The van der Waals surface area contributed by atoms with Gasteiger partial charge in [0.25, 0.3) is 5.91 Å². The second-order valence-corrected chi connectivity index (χ2v) is 9.36. The van der Waals surface area contributed by atoms with E-state index in [0.717, 1.165) is 38.5 Å². The molecule has 0 radical (unpaired) electrons. The summed E-state index contributed by atoms with van der Waals surface area (Å²) in [7, 11) is -3.61. The molecule has 2 fully saturated rings. The molecule has 0 aliphatic carbocycles. The van der Waals surface area contributed by atoms with Crippen LogP contribution in [0.15, 0.2) is 29.2 Å². The lowest BCUT2D eigenvalue weighted by Gasteiger charge is -2.24.